The lowest BCUT2D eigenvalue weighted by Gasteiger charge is -2.39. The summed E-state index contributed by atoms with van der Waals surface area (Å²) >= 11 is 6.46. The number of hydrogen-bond acceptors (Lipinski definition) is 4. The fraction of sp³-hybridized carbons (Fsp3) is 0.533. The van der Waals surface area contributed by atoms with Gasteiger partial charge in [0.05, 0.1) is 5.02 Å². The van der Waals surface area contributed by atoms with Crippen LogP contribution >= 0.6 is 11.6 Å². The van der Waals surface area contributed by atoms with Crippen molar-refractivity contribution in [3.63, 3.8) is 0 Å². The number of carbonyl (C=O) groups excluding carboxylic acids is 1. The summed E-state index contributed by atoms with van der Waals surface area (Å²) in [6, 6.07) is 1.77. The lowest BCUT2D eigenvalue weighted by molar-refractivity contribution is 0.172. The van der Waals surface area contributed by atoms with Crippen LogP contribution in [0.25, 0.3) is 0 Å². The molecule has 0 N–H and O–H groups in total. The number of benzene rings is 1. The summed E-state index contributed by atoms with van der Waals surface area (Å²) in [5.41, 5.74) is 1.39. The molecule has 2 aliphatic rings. The van der Waals surface area contributed by atoms with Crippen molar-refractivity contribution in [1.29, 1.82) is 0 Å². The van der Waals surface area contributed by atoms with E-state index in [2.05, 4.69) is 18.8 Å². The van der Waals surface area contributed by atoms with Crippen LogP contribution in [0.15, 0.2) is 11.1 Å². The summed E-state index contributed by atoms with van der Waals surface area (Å²) in [6.45, 7) is 4.36. The van der Waals surface area contributed by atoms with Crippen molar-refractivity contribution in [2.75, 3.05) is 6.79 Å². The minimum absolute atomic E-state index is 0.207. The quantitative estimate of drug-likeness (QED) is 0.627. The number of rotatable bonds is 3. The van der Waals surface area contributed by atoms with Gasteiger partial charge in [-0.1, -0.05) is 25.4 Å². The van der Waals surface area contributed by atoms with E-state index >= 15 is 0 Å². The molecule has 0 unspecified atom stereocenters. The zero-order valence-electron chi connectivity index (χ0n) is 11.5. The zero-order valence-corrected chi connectivity index (χ0v) is 12.3. The monoisotopic (exact) mass is 293 g/mol. The Morgan fingerprint density at radius 3 is 2.70 bits per heavy atom. The van der Waals surface area contributed by atoms with Gasteiger partial charge in [0.15, 0.2) is 11.5 Å². The highest BCUT2D eigenvalue weighted by atomic mass is 35.5. The first-order valence-corrected chi connectivity index (χ1v) is 7.18. The van der Waals surface area contributed by atoms with Gasteiger partial charge in [-0.25, -0.2) is 4.79 Å². The van der Waals surface area contributed by atoms with Crippen molar-refractivity contribution in [3.8, 4) is 11.5 Å². The lowest BCUT2D eigenvalue weighted by atomic mass is 9.69. The van der Waals surface area contributed by atoms with Crippen LogP contribution in [0.1, 0.15) is 50.2 Å². The van der Waals surface area contributed by atoms with Gasteiger partial charge in [0, 0.05) is 17.2 Å². The van der Waals surface area contributed by atoms with Crippen molar-refractivity contribution >= 4 is 17.7 Å². The molecule has 0 amide bonds. The van der Waals surface area contributed by atoms with Crippen LogP contribution in [0, 0.1) is 0 Å². The third kappa shape index (κ3) is 1.83. The summed E-state index contributed by atoms with van der Waals surface area (Å²) < 4.78 is 11.0. The first-order valence-electron chi connectivity index (χ1n) is 6.80. The van der Waals surface area contributed by atoms with E-state index in [1.54, 1.807) is 12.1 Å². The van der Waals surface area contributed by atoms with Gasteiger partial charge < -0.3 is 9.47 Å². The SMILES string of the molecule is CC(C)c1c2c(cc(Cl)c1C1(N=C=O)CCC1)OCO2. The van der Waals surface area contributed by atoms with Crippen molar-refractivity contribution < 1.29 is 14.3 Å². The molecule has 4 nitrogen and oxygen atoms in total. The minimum Gasteiger partial charge on any atom is -0.454 e. The third-order valence-electron chi connectivity index (χ3n) is 4.14. The molecule has 1 aliphatic carbocycles. The average Bonchev–Trinajstić information content (AvgIpc) is 2.79. The Kier molecular flexibility index (Phi) is 3.23. The smallest absolute Gasteiger partial charge is 0.235 e. The summed E-state index contributed by atoms with van der Waals surface area (Å²) in [5, 5.41) is 0.594. The molecule has 5 heteroatoms. The van der Waals surface area contributed by atoms with E-state index in [0.717, 1.165) is 36.1 Å². The van der Waals surface area contributed by atoms with Gasteiger partial charge >= 0.3 is 0 Å². The summed E-state index contributed by atoms with van der Waals surface area (Å²) in [6.07, 6.45) is 4.39. The normalized spacial score (nSPS) is 18.6. The van der Waals surface area contributed by atoms with Gasteiger partial charge in [0.25, 0.3) is 0 Å². The molecule has 1 aromatic rings. The predicted molar refractivity (Wildman–Crippen MR) is 75.3 cm³/mol. The summed E-state index contributed by atoms with van der Waals surface area (Å²) in [4.78, 5) is 14.9. The third-order valence-corrected chi connectivity index (χ3v) is 4.43. The maximum atomic E-state index is 10.8. The highest BCUT2D eigenvalue weighted by Gasteiger charge is 2.44. The first-order chi connectivity index (χ1) is 9.59. The average molecular weight is 294 g/mol. The number of isocyanates is 1. The second-order valence-corrected chi connectivity index (χ2v) is 6.03. The van der Waals surface area contributed by atoms with Crippen LogP contribution in [0.2, 0.25) is 5.02 Å². The van der Waals surface area contributed by atoms with Gasteiger partial charge in [0.2, 0.25) is 12.9 Å². The molecule has 0 bridgehead atoms. The van der Waals surface area contributed by atoms with Crippen molar-refractivity contribution in [2.45, 2.75) is 44.6 Å². The molecule has 1 heterocycles. The van der Waals surface area contributed by atoms with Crippen molar-refractivity contribution in [1.82, 2.24) is 0 Å². The summed E-state index contributed by atoms with van der Waals surface area (Å²) in [5.74, 6) is 1.62. The van der Waals surface area contributed by atoms with Crippen LogP contribution in [0.5, 0.6) is 11.5 Å². The number of fused-ring (bicyclic) bond motifs is 1. The molecule has 106 valence electrons. The molecule has 1 saturated carbocycles. The number of halogens is 1. The molecule has 0 atom stereocenters. The van der Waals surface area contributed by atoms with E-state index < -0.39 is 5.54 Å². The standard InChI is InChI=1S/C15H16ClNO3/c1-9(2)12-13(15(17-7-18)4-3-5-15)10(16)6-11-14(12)20-8-19-11/h6,9H,3-5,8H2,1-2H3. The topological polar surface area (TPSA) is 47.9 Å². The van der Waals surface area contributed by atoms with Crippen LogP contribution < -0.4 is 9.47 Å². The molecule has 1 fully saturated rings. The Morgan fingerprint density at radius 2 is 2.15 bits per heavy atom. The van der Waals surface area contributed by atoms with E-state index in [1.165, 1.54) is 0 Å². The molecule has 0 spiro atoms. The molecule has 0 saturated heterocycles. The van der Waals surface area contributed by atoms with Crippen LogP contribution in [-0.4, -0.2) is 12.9 Å². The Morgan fingerprint density at radius 1 is 1.40 bits per heavy atom. The maximum Gasteiger partial charge on any atom is 0.235 e. The van der Waals surface area contributed by atoms with Gasteiger partial charge in [0.1, 0.15) is 5.54 Å². The molecule has 3 rings (SSSR count). The van der Waals surface area contributed by atoms with Crippen molar-refractivity contribution in [3.05, 3.63) is 22.2 Å². The molecule has 0 aromatic heterocycles. The van der Waals surface area contributed by atoms with E-state index in [9.17, 15) is 4.79 Å². The highest BCUT2D eigenvalue weighted by Crippen LogP contribution is 2.54. The number of hydrogen-bond donors (Lipinski definition) is 0. The van der Waals surface area contributed by atoms with E-state index in [4.69, 9.17) is 21.1 Å². The molecule has 1 aromatic carbocycles. The van der Waals surface area contributed by atoms with Gasteiger partial charge in [-0.05, 0) is 25.2 Å². The Hall–Kier alpha value is -1.51. The Bertz CT molecular complexity index is 602. The molecule has 0 radical (unpaired) electrons. The molecule has 20 heavy (non-hydrogen) atoms. The Labute approximate surface area is 122 Å². The molecular weight excluding hydrogens is 278 g/mol. The Balaban J connectivity index is 2.27. The summed E-state index contributed by atoms with van der Waals surface area (Å²) in [7, 11) is 0. The van der Waals surface area contributed by atoms with Gasteiger partial charge in [-0.3, -0.25) is 0 Å². The van der Waals surface area contributed by atoms with Crippen LogP contribution in [0.3, 0.4) is 0 Å². The second kappa shape index (κ2) is 4.80. The highest BCUT2D eigenvalue weighted by molar-refractivity contribution is 6.32. The maximum absolute atomic E-state index is 10.8. The van der Waals surface area contributed by atoms with E-state index in [-0.39, 0.29) is 12.7 Å². The minimum atomic E-state index is -0.528. The van der Waals surface area contributed by atoms with E-state index in [1.807, 2.05) is 0 Å². The molecule has 1 aliphatic heterocycles. The van der Waals surface area contributed by atoms with Crippen LogP contribution in [-0.2, 0) is 10.3 Å². The number of nitrogens with zero attached hydrogens (tertiary/aromatic N) is 1. The first kappa shape index (κ1) is 13.5. The number of aliphatic imine (C=N–C) groups is 1. The number of ether oxygens (including phenoxy) is 2. The van der Waals surface area contributed by atoms with Crippen molar-refractivity contribution in [2.24, 2.45) is 4.99 Å². The van der Waals surface area contributed by atoms with Crippen LogP contribution in [0.4, 0.5) is 0 Å². The lowest BCUT2D eigenvalue weighted by Crippen LogP contribution is -2.33. The predicted octanol–water partition coefficient (Wildman–Crippen LogP) is 3.91. The second-order valence-electron chi connectivity index (χ2n) is 5.62. The fourth-order valence-electron chi connectivity index (χ4n) is 3.08. The van der Waals surface area contributed by atoms with Gasteiger partial charge in [-0.2, -0.15) is 4.99 Å². The largest absolute Gasteiger partial charge is 0.454 e. The fourth-order valence-corrected chi connectivity index (χ4v) is 3.45. The molecular formula is C15H16ClNO3. The van der Waals surface area contributed by atoms with E-state index in [0.29, 0.717) is 10.8 Å². The zero-order chi connectivity index (χ0) is 14.3. The van der Waals surface area contributed by atoms with Gasteiger partial charge in [-0.15, -0.1) is 0 Å².